The fraction of sp³-hybridized carbons (Fsp3) is 0.391. The highest BCUT2D eigenvalue weighted by molar-refractivity contribution is 5.82. The first kappa shape index (κ1) is 20.7. The van der Waals surface area contributed by atoms with Gasteiger partial charge in [0.15, 0.2) is 0 Å². The average Bonchev–Trinajstić information content (AvgIpc) is 2.63. The first-order valence-corrected chi connectivity index (χ1v) is 9.31. The van der Waals surface area contributed by atoms with E-state index in [0.717, 1.165) is 11.1 Å². The van der Waals surface area contributed by atoms with Gasteiger partial charge in [-0.15, -0.1) is 0 Å². The minimum Gasteiger partial charge on any atom is -0.441 e. The monoisotopic (exact) mass is 367 g/mol. The van der Waals surface area contributed by atoms with E-state index in [4.69, 9.17) is 10.5 Å². The third kappa shape index (κ3) is 5.95. The van der Waals surface area contributed by atoms with Crippen LogP contribution in [0.15, 0.2) is 54.6 Å². The molecule has 0 aliphatic carbocycles. The van der Waals surface area contributed by atoms with Gasteiger partial charge >= 0.3 is 6.09 Å². The summed E-state index contributed by atoms with van der Waals surface area (Å²) in [6, 6.07) is 17.6. The molecule has 2 rings (SSSR count). The first-order chi connectivity index (χ1) is 12.7. The van der Waals surface area contributed by atoms with Crippen molar-refractivity contribution in [2.24, 2.45) is 11.7 Å². The summed E-state index contributed by atoms with van der Waals surface area (Å²) in [4.78, 5) is 24.0. The maximum atomic E-state index is 12.7. The number of Topliss-reactive ketones (excluding diaryl/α,β-unsaturated/α-hetero) is 1. The molecule has 4 nitrogen and oxygen atoms in total. The zero-order valence-corrected chi connectivity index (χ0v) is 16.6. The second-order valence-electron chi connectivity index (χ2n) is 7.97. The molecular weight excluding hydrogens is 338 g/mol. The highest BCUT2D eigenvalue weighted by atomic mass is 16.6. The molecule has 0 bridgehead atoms. The predicted molar refractivity (Wildman–Crippen MR) is 107 cm³/mol. The van der Waals surface area contributed by atoms with Crippen LogP contribution in [0.3, 0.4) is 0 Å². The van der Waals surface area contributed by atoms with Crippen molar-refractivity contribution in [1.82, 2.24) is 0 Å². The number of primary amides is 1. The third-order valence-corrected chi connectivity index (χ3v) is 4.81. The van der Waals surface area contributed by atoms with Crippen LogP contribution >= 0.6 is 0 Å². The van der Waals surface area contributed by atoms with E-state index in [1.54, 1.807) is 6.92 Å². The molecule has 0 aliphatic rings. The molecule has 2 aromatic rings. The van der Waals surface area contributed by atoms with Gasteiger partial charge in [-0.05, 0) is 28.5 Å². The molecule has 27 heavy (non-hydrogen) atoms. The van der Waals surface area contributed by atoms with Gasteiger partial charge in [0, 0.05) is 6.42 Å². The molecule has 0 unspecified atom stereocenters. The Morgan fingerprint density at radius 2 is 1.59 bits per heavy atom. The highest BCUT2D eigenvalue weighted by Gasteiger charge is 2.28. The van der Waals surface area contributed by atoms with E-state index in [1.807, 2.05) is 30.3 Å². The second-order valence-corrected chi connectivity index (χ2v) is 7.97. The Balaban J connectivity index is 2.03. The van der Waals surface area contributed by atoms with E-state index in [0.29, 0.717) is 12.8 Å². The largest absolute Gasteiger partial charge is 0.441 e. The summed E-state index contributed by atoms with van der Waals surface area (Å²) in [6.07, 6.45) is -0.492. The number of ether oxygens (including phenoxy) is 1. The predicted octanol–water partition coefficient (Wildman–Crippen LogP) is 4.96. The zero-order valence-electron chi connectivity index (χ0n) is 16.6. The van der Waals surface area contributed by atoms with Crippen molar-refractivity contribution in [3.8, 4) is 0 Å². The normalized spacial score (nSPS) is 13.6. The fourth-order valence-corrected chi connectivity index (χ4v) is 3.06. The van der Waals surface area contributed by atoms with Crippen LogP contribution in [0.25, 0.3) is 0 Å². The van der Waals surface area contributed by atoms with E-state index < -0.39 is 18.1 Å². The minimum absolute atomic E-state index is 0.0463. The van der Waals surface area contributed by atoms with Gasteiger partial charge in [-0.2, -0.15) is 0 Å². The lowest BCUT2D eigenvalue weighted by Crippen LogP contribution is -2.27. The van der Waals surface area contributed by atoms with Crippen LogP contribution in [0.1, 0.15) is 56.9 Å². The number of amides is 1. The van der Waals surface area contributed by atoms with Crippen molar-refractivity contribution < 1.29 is 14.3 Å². The van der Waals surface area contributed by atoms with Crippen LogP contribution < -0.4 is 5.73 Å². The van der Waals surface area contributed by atoms with E-state index in [2.05, 4.69) is 45.0 Å². The van der Waals surface area contributed by atoms with Crippen LogP contribution in [-0.2, 0) is 21.4 Å². The van der Waals surface area contributed by atoms with Crippen LogP contribution in [0.4, 0.5) is 4.79 Å². The van der Waals surface area contributed by atoms with Crippen molar-refractivity contribution >= 4 is 11.9 Å². The number of rotatable bonds is 7. The van der Waals surface area contributed by atoms with E-state index >= 15 is 0 Å². The number of aryl methyl sites for hydroxylation is 1. The molecule has 0 radical (unpaired) electrons. The Labute approximate surface area is 161 Å². The van der Waals surface area contributed by atoms with E-state index in [1.165, 1.54) is 5.56 Å². The average molecular weight is 367 g/mol. The molecule has 0 spiro atoms. The number of hydrogen-bond donors (Lipinski definition) is 1. The molecule has 0 aliphatic heterocycles. The number of carbonyl (C=O) groups excluding carboxylic acids is 2. The molecule has 2 atom stereocenters. The minimum atomic E-state index is -0.874. The molecule has 0 fully saturated rings. The summed E-state index contributed by atoms with van der Waals surface area (Å²) in [7, 11) is 0. The lowest BCUT2D eigenvalue weighted by molar-refractivity contribution is -0.125. The standard InChI is InChI=1S/C23H29NO3/c1-16(21(27-22(24)26)18-8-6-5-7-9-18)20(25)15-12-17-10-13-19(14-11-17)23(2,3)4/h5-11,13-14,16,21H,12,15H2,1-4H3,(H2,24,26)/t16-,21+/m0/s1. The Bertz CT molecular complexity index is 760. The van der Waals surface area contributed by atoms with Crippen LogP contribution in [0, 0.1) is 5.92 Å². The highest BCUT2D eigenvalue weighted by Crippen LogP contribution is 2.28. The molecule has 0 heterocycles. The smallest absolute Gasteiger partial charge is 0.405 e. The molecule has 4 heteroatoms. The van der Waals surface area contributed by atoms with Gasteiger partial charge in [0.2, 0.25) is 0 Å². The summed E-state index contributed by atoms with van der Waals surface area (Å²) in [6.45, 7) is 8.31. The Morgan fingerprint density at radius 3 is 2.11 bits per heavy atom. The van der Waals surface area contributed by atoms with Crippen LogP contribution in [0.2, 0.25) is 0 Å². The molecule has 2 N–H and O–H groups in total. The topological polar surface area (TPSA) is 69.4 Å². The van der Waals surface area contributed by atoms with Gasteiger partial charge in [-0.25, -0.2) is 4.79 Å². The number of ketones is 1. The number of hydrogen-bond acceptors (Lipinski definition) is 3. The fourth-order valence-electron chi connectivity index (χ4n) is 3.06. The SMILES string of the molecule is C[C@@H](C(=O)CCc1ccc(C(C)(C)C)cc1)[C@@H](OC(N)=O)c1ccccc1. The molecule has 144 valence electrons. The van der Waals surface area contributed by atoms with Crippen molar-refractivity contribution in [2.45, 2.75) is 52.1 Å². The Kier molecular flexibility index (Phi) is 6.78. The van der Waals surface area contributed by atoms with Gasteiger partial charge in [0.25, 0.3) is 0 Å². The maximum absolute atomic E-state index is 12.7. The number of benzene rings is 2. The first-order valence-electron chi connectivity index (χ1n) is 9.31. The lowest BCUT2D eigenvalue weighted by atomic mass is 9.86. The third-order valence-electron chi connectivity index (χ3n) is 4.81. The van der Waals surface area contributed by atoms with Gasteiger partial charge in [0.05, 0.1) is 5.92 Å². The Morgan fingerprint density at radius 1 is 1.00 bits per heavy atom. The van der Waals surface area contributed by atoms with Crippen molar-refractivity contribution in [2.75, 3.05) is 0 Å². The molecule has 0 saturated carbocycles. The quantitative estimate of drug-likeness (QED) is 0.752. The summed E-state index contributed by atoms with van der Waals surface area (Å²) in [5.74, 6) is -0.418. The van der Waals surface area contributed by atoms with E-state index in [-0.39, 0.29) is 11.2 Å². The lowest BCUT2D eigenvalue weighted by Gasteiger charge is -2.23. The maximum Gasteiger partial charge on any atom is 0.405 e. The van der Waals surface area contributed by atoms with Crippen molar-refractivity contribution in [3.63, 3.8) is 0 Å². The van der Waals surface area contributed by atoms with Crippen LogP contribution in [0.5, 0.6) is 0 Å². The van der Waals surface area contributed by atoms with Gasteiger partial charge in [0.1, 0.15) is 11.9 Å². The molecule has 1 amide bonds. The van der Waals surface area contributed by atoms with Gasteiger partial charge < -0.3 is 10.5 Å². The summed E-state index contributed by atoms with van der Waals surface area (Å²) in [5.41, 5.74) is 8.48. The van der Waals surface area contributed by atoms with Crippen molar-refractivity contribution in [3.05, 3.63) is 71.3 Å². The molecular formula is C23H29NO3. The van der Waals surface area contributed by atoms with Gasteiger partial charge in [-0.1, -0.05) is 82.3 Å². The molecule has 0 saturated heterocycles. The summed E-state index contributed by atoms with van der Waals surface area (Å²) < 4.78 is 5.24. The Hall–Kier alpha value is -2.62. The number of carbonyl (C=O) groups is 2. The number of nitrogens with two attached hydrogens (primary N) is 1. The molecule has 2 aromatic carbocycles. The van der Waals surface area contributed by atoms with Crippen molar-refractivity contribution in [1.29, 1.82) is 0 Å². The summed E-state index contributed by atoms with van der Waals surface area (Å²) >= 11 is 0. The van der Waals surface area contributed by atoms with Crippen LogP contribution in [-0.4, -0.2) is 11.9 Å². The second kappa shape index (κ2) is 8.85. The summed E-state index contributed by atoms with van der Waals surface area (Å²) in [5, 5.41) is 0. The zero-order chi connectivity index (χ0) is 20.0. The van der Waals surface area contributed by atoms with E-state index in [9.17, 15) is 9.59 Å². The molecule has 0 aromatic heterocycles. The van der Waals surface area contributed by atoms with Gasteiger partial charge in [-0.3, -0.25) is 4.79 Å².